The molecule has 0 radical (unpaired) electrons. The minimum absolute atomic E-state index is 0.0412. The van der Waals surface area contributed by atoms with E-state index in [0.717, 1.165) is 6.42 Å². The average molecular weight is 350 g/mol. The smallest absolute Gasteiger partial charge is 0.244 e. The Bertz CT molecular complexity index is 681. The molecular weight excluding hydrogens is 328 g/mol. The fourth-order valence-corrected chi connectivity index (χ4v) is 4.84. The molecule has 0 saturated carbocycles. The Kier molecular flexibility index (Phi) is 4.38. The molecule has 2 aliphatic rings. The van der Waals surface area contributed by atoms with Crippen molar-refractivity contribution < 1.29 is 19.4 Å². The Labute approximate surface area is 145 Å². The molecule has 130 valence electrons. The molecule has 6 nitrogen and oxygen atoms in total. The quantitative estimate of drug-likeness (QED) is 0.869. The first-order chi connectivity index (χ1) is 11.4. The summed E-state index contributed by atoms with van der Waals surface area (Å²) in [6.07, 6.45) is 1.28. The van der Waals surface area contributed by atoms with Gasteiger partial charge in [0, 0.05) is 17.7 Å². The van der Waals surface area contributed by atoms with Crippen LogP contribution in [-0.4, -0.2) is 45.6 Å². The van der Waals surface area contributed by atoms with E-state index >= 15 is 0 Å². The molecule has 2 N–H and O–H groups in total. The number of amides is 2. The molecule has 0 aromatic heterocycles. The molecule has 2 aliphatic heterocycles. The molecule has 3 atom stereocenters. The molecule has 2 amide bonds. The van der Waals surface area contributed by atoms with Crippen molar-refractivity contribution in [3.63, 3.8) is 0 Å². The summed E-state index contributed by atoms with van der Waals surface area (Å²) in [5.74, 6) is 1.18. The number of thioether (sulfide) groups is 1. The van der Waals surface area contributed by atoms with Gasteiger partial charge < -0.3 is 20.1 Å². The van der Waals surface area contributed by atoms with Crippen molar-refractivity contribution in [1.29, 1.82) is 0 Å². The van der Waals surface area contributed by atoms with E-state index in [1.54, 1.807) is 48.9 Å². The second-order valence-corrected chi connectivity index (χ2v) is 7.92. The van der Waals surface area contributed by atoms with Crippen LogP contribution in [0.1, 0.15) is 38.3 Å². The highest BCUT2D eigenvalue weighted by molar-refractivity contribution is 8.01. The van der Waals surface area contributed by atoms with Gasteiger partial charge in [-0.3, -0.25) is 9.59 Å². The number of phenolic OH excluding ortho intramolecular Hbond substituents is 1. The third-order valence-corrected chi connectivity index (χ3v) is 6.31. The van der Waals surface area contributed by atoms with Gasteiger partial charge in [-0.2, -0.15) is 0 Å². The topological polar surface area (TPSA) is 78.9 Å². The third-order valence-electron chi connectivity index (χ3n) is 4.81. The van der Waals surface area contributed by atoms with E-state index in [1.165, 1.54) is 0 Å². The van der Waals surface area contributed by atoms with E-state index in [4.69, 9.17) is 4.74 Å². The van der Waals surface area contributed by atoms with Gasteiger partial charge in [-0.1, -0.05) is 0 Å². The number of rotatable bonds is 4. The number of aromatic hydroxyl groups is 1. The van der Waals surface area contributed by atoms with Crippen LogP contribution in [0.3, 0.4) is 0 Å². The molecule has 2 saturated heterocycles. The summed E-state index contributed by atoms with van der Waals surface area (Å²) in [4.78, 5) is 26.3. The van der Waals surface area contributed by atoms with E-state index in [2.05, 4.69) is 5.32 Å². The van der Waals surface area contributed by atoms with Gasteiger partial charge >= 0.3 is 0 Å². The van der Waals surface area contributed by atoms with Gasteiger partial charge in [-0.05, 0) is 38.5 Å². The first-order valence-corrected chi connectivity index (χ1v) is 8.97. The Hall–Kier alpha value is -1.89. The van der Waals surface area contributed by atoms with Crippen LogP contribution in [0.2, 0.25) is 0 Å². The highest BCUT2D eigenvalue weighted by atomic mass is 32.2. The molecule has 2 heterocycles. The molecule has 0 spiro atoms. The number of benzene rings is 1. The standard InChI is InChI=1S/C17H22N2O4S/c1-10(12-8-11(23-3)4-5-14(12)20)18-16(22)13-9-24-17(2)7-6-15(21)19(13)17/h4-5,8,10,13,20H,6-7,9H2,1-3H3,(H,18,22)/t10-,13-,17-/m0/s1. The van der Waals surface area contributed by atoms with Crippen LogP contribution in [0, 0.1) is 0 Å². The zero-order valence-corrected chi connectivity index (χ0v) is 14.9. The number of carbonyl (C=O) groups excluding carboxylic acids is 2. The summed E-state index contributed by atoms with van der Waals surface area (Å²) in [6.45, 7) is 3.83. The van der Waals surface area contributed by atoms with Crippen molar-refractivity contribution in [2.45, 2.75) is 43.6 Å². The van der Waals surface area contributed by atoms with E-state index in [0.29, 0.717) is 23.5 Å². The van der Waals surface area contributed by atoms with Crippen LogP contribution in [0.15, 0.2) is 18.2 Å². The second-order valence-electron chi connectivity index (χ2n) is 6.42. The van der Waals surface area contributed by atoms with Crippen molar-refractivity contribution in [2.24, 2.45) is 0 Å². The van der Waals surface area contributed by atoms with Crippen LogP contribution < -0.4 is 10.1 Å². The predicted octanol–water partition coefficient (Wildman–Crippen LogP) is 2.03. The third kappa shape index (κ3) is 2.81. The van der Waals surface area contributed by atoms with Gasteiger partial charge in [-0.25, -0.2) is 0 Å². The highest BCUT2D eigenvalue weighted by Gasteiger charge is 2.52. The lowest BCUT2D eigenvalue weighted by Crippen LogP contribution is -2.50. The van der Waals surface area contributed by atoms with Gasteiger partial charge in [0.2, 0.25) is 11.8 Å². The molecule has 0 unspecified atom stereocenters. The number of nitrogens with zero attached hydrogens (tertiary/aromatic N) is 1. The van der Waals surface area contributed by atoms with Gasteiger partial charge in [0.05, 0.1) is 18.0 Å². The number of ether oxygens (including phenoxy) is 1. The zero-order chi connectivity index (χ0) is 17.5. The maximum Gasteiger partial charge on any atom is 0.244 e. The molecule has 7 heteroatoms. The van der Waals surface area contributed by atoms with Gasteiger partial charge in [0.15, 0.2) is 0 Å². The summed E-state index contributed by atoms with van der Waals surface area (Å²) in [5, 5.41) is 13.0. The minimum atomic E-state index is -0.454. The largest absolute Gasteiger partial charge is 0.508 e. The number of fused-ring (bicyclic) bond motifs is 1. The molecule has 24 heavy (non-hydrogen) atoms. The molecule has 3 rings (SSSR count). The Balaban J connectivity index is 1.74. The second kappa shape index (κ2) is 6.20. The lowest BCUT2D eigenvalue weighted by Gasteiger charge is -2.30. The summed E-state index contributed by atoms with van der Waals surface area (Å²) in [7, 11) is 1.55. The SMILES string of the molecule is COc1ccc(O)c([C@H](C)NC(=O)[C@@H]2CS[C@@]3(C)CCC(=O)N23)c1. The van der Waals surface area contributed by atoms with Crippen LogP contribution >= 0.6 is 11.8 Å². The maximum absolute atomic E-state index is 12.7. The zero-order valence-electron chi connectivity index (χ0n) is 14.0. The Morgan fingerprint density at radius 3 is 3.00 bits per heavy atom. The minimum Gasteiger partial charge on any atom is -0.508 e. The van der Waals surface area contributed by atoms with Crippen LogP contribution in [-0.2, 0) is 9.59 Å². The van der Waals surface area contributed by atoms with E-state index in [9.17, 15) is 14.7 Å². The normalized spacial score (nSPS) is 27.0. The highest BCUT2D eigenvalue weighted by Crippen LogP contribution is 2.47. The summed E-state index contributed by atoms with van der Waals surface area (Å²) in [5.41, 5.74) is 0.587. The van der Waals surface area contributed by atoms with Crippen LogP contribution in [0.5, 0.6) is 11.5 Å². The van der Waals surface area contributed by atoms with Crippen molar-refractivity contribution in [2.75, 3.05) is 12.9 Å². The predicted molar refractivity (Wildman–Crippen MR) is 91.9 cm³/mol. The molecule has 0 aliphatic carbocycles. The first-order valence-electron chi connectivity index (χ1n) is 7.99. The lowest BCUT2D eigenvalue weighted by atomic mass is 10.1. The number of carbonyl (C=O) groups is 2. The van der Waals surface area contributed by atoms with E-state index in [1.807, 2.05) is 6.92 Å². The molecular formula is C17H22N2O4S. The van der Waals surface area contributed by atoms with E-state index in [-0.39, 0.29) is 28.5 Å². The summed E-state index contributed by atoms with van der Waals surface area (Å²) >= 11 is 1.66. The number of phenols is 1. The van der Waals surface area contributed by atoms with Crippen molar-refractivity contribution >= 4 is 23.6 Å². The van der Waals surface area contributed by atoms with Gasteiger partial charge in [0.25, 0.3) is 0 Å². The fourth-order valence-electron chi connectivity index (χ4n) is 3.41. The van der Waals surface area contributed by atoms with E-state index < -0.39 is 6.04 Å². The van der Waals surface area contributed by atoms with Crippen molar-refractivity contribution in [1.82, 2.24) is 10.2 Å². The monoisotopic (exact) mass is 350 g/mol. The lowest BCUT2D eigenvalue weighted by molar-refractivity contribution is -0.138. The van der Waals surface area contributed by atoms with Crippen molar-refractivity contribution in [3.05, 3.63) is 23.8 Å². The first kappa shape index (κ1) is 17.0. The fraction of sp³-hybridized carbons (Fsp3) is 0.529. The molecule has 2 fully saturated rings. The molecule has 0 bridgehead atoms. The number of methoxy groups -OCH3 is 1. The average Bonchev–Trinajstić information content (AvgIpc) is 3.04. The van der Waals surface area contributed by atoms with Gasteiger partial charge in [-0.15, -0.1) is 11.8 Å². The number of hydrogen-bond acceptors (Lipinski definition) is 5. The van der Waals surface area contributed by atoms with Crippen LogP contribution in [0.25, 0.3) is 0 Å². The maximum atomic E-state index is 12.7. The number of hydrogen-bond donors (Lipinski definition) is 2. The Morgan fingerprint density at radius 1 is 1.54 bits per heavy atom. The molecule has 1 aromatic carbocycles. The van der Waals surface area contributed by atoms with Crippen LogP contribution in [0.4, 0.5) is 0 Å². The Morgan fingerprint density at radius 2 is 2.29 bits per heavy atom. The summed E-state index contributed by atoms with van der Waals surface area (Å²) in [6, 6.07) is 4.07. The van der Waals surface area contributed by atoms with Gasteiger partial charge in [0.1, 0.15) is 17.5 Å². The summed E-state index contributed by atoms with van der Waals surface area (Å²) < 4.78 is 5.17. The molecule has 1 aromatic rings. The number of nitrogens with one attached hydrogen (secondary N) is 1. The van der Waals surface area contributed by atoms with Crippen molar-refractivity contribution in [3.8, 4) is 11.5 Å².